The number of hydrogen-bond acceptors (Lipinski definition) is 3. The van der Waals surface area contributed by atoms with Crippen LogP contribution in [0.15, 0.2) is 35.3 Å². The van der Waals surface area contributed by atoms with E-state index in [9.17, 15) is 0 Å². The minimum atomic E-state index is 0.724. The van der Waals surface area contributed by atoms with Gasteiger partial charge in [-0.15, -0.1) is 0 Å². The standard InChI is InChI=1S/C12H13NOS/c1-10-8-13-5-2-12(10)14-6-3-11-4-7-15-9-11/h2,4-5,7-9H,3,6H2,1H3. The SMILES string of the molecule is Cc1cnccc1OCCc1ccsc1. The lowest BCUT2D eigenvalue weighted by atomic mass is 10.2. The molecule has 0 bridgehead atoms. The van der Waals surface area contributed by atoms with Gasteiger partial charge in [-0.25, -0.2) is 0 Å². The van der Waals surface area contributed by atoms with Gasteiger partial charge in [0.25, 0.3) is 0 Å². The first-order chi connectivity index (χ1) is 7.36. The fourth-order valence-electron chi connectivity index (χ4n) is 1.34. The number of rotatable bonds is 4. The summed E-state index contributed by atoms with van der Waals surface area (Å²) in [5.74, 6) is 0.931. The number of ether oxygens (including phenoxy) is 1. The molecule has 2 heterocycles. The number of aromatic nitrogens is 1. The molecule has 0 spiro atoms. The zero-order chi connectivity index (χ0) is 10.5. The first-order valence-corrected chi connectivity index (χ1v) is 5.85. The van der Waals surface area contributed by atoms with Crippen molar-refractivity contribution < 1.29 is 4.74 Å². The second-order valence-corrected chi connectivity index (χ2v) is 4.15. The number of hydrogen-bond donors (Lipinski definition) is 0. The summed E-state index contributed by atoms with van der Waals surface area (Å²) in [6.45, 7) is 2.73. The molecule has 3 heteroatoms. The molecule has 0 amide bonds. The van der Waals surface area contributed by atoms with E-state index in [0.29, 0.717) is 0 Å². The summed E-state index contributed by atoms with van der Waals surface area (Å²) in [5, 5.41) is 4.25. The van der Waals surface area contributed by atoms with Crippen molar-refractivity contribution in [2.24, 2.45) is 0 Å². The molecular weight excluding hydrogens is 206 g/mol. The maximum Gasteiger partial charge on any atom is 0.125 e. The number of pyridine rings is 1. The molecule has 0 radical (unpaired) electrons. The van der Waals surface area contributed by atoms with Gasteiger partial charge in [0.1, 0.15) is 5.75 Å². The van der Waals surface area contributed by atoms with Gasteiger partial charge in [0.05, 0.1) is 6.61 Å². The van der Waals surface area contributed by atoms with E-state index in [2.05, 4.69) is 21.8 Å². The Labute approximate surface area is 93.6 Å². The lowest BCUT2D eigenvalue weighted by Crippen LogP contribution is -2.01. The summed E-state index contributed by atoms with van der Waals surface area (Å²) < 4.78 is 5.67. The Morgan fingerprint density at radius 1 is 1.40 bits per heavy atom. The van der Waals surface area contributed by atoms with Crippen LogP contribution in [0.5, 0.6) is 5.75 Å². The summed E-state index contributed by atoms with van der Waals surface area (Å²) in [6.07, 6.45) is 4.54. The Bertz CT molecular complexity index is 411. The molecule has 0 fully saturated rings. The monoisotopic (exact) mass is 219 g/mol. The first kappa shape index (κ1) is 10.2. The molecule has 2 nitrogen and oxygen atoms in total. The molecular formula is C12H13NOS. The van der Waals surface area contributed by atoms with Gasteiger partial charge >= 0.3 is 0 Å². The van der Waals surface area contributed by atoms with E-state index >= 15 is 0 Å². The molecule has 15 heavy (non-hydrogen) atoms. The van der Waals surface area contributed by atoms with E-state index in [1.807, 2.05) is 19.2 Å². The van der Waals surface area contributed by atoms with E-state index in [4.69, 9.17) is 4.74 Å². The van der Waals surface area contributed by atoms with Gasteiger partial charge in [-0.2, -0.15) is 11.3 Å². The normalized spacial score (nSPS) is 10.2. The highest BCUT2D eigenvalue weighted by Gasteiger charge is 1.98. The molecule has 0 aromatic carbocycles. The van der Waals surface area contributed by atoms with Gasteiger partial charge in [0.15, 0.2) is 0 Å². The Morgan fingerprint density at radius 3 is 3.07 bits per heavy atom. The summed E-state index contributed by atoms with van der Waals surface area (Å²) >= 11 is 1.72. The van der Waals surface area contributed by atoms with Gasteiger partial charge < -0.3 is 4.74 Å². The van der Waals surface area contributed by atoms with E-state index in [-0.39, 0.29) is 0 Å². The lowest BCUT2D eigenvalue weighted by Gasteiger charge is -2.07. The van der Waals surface area contributed by atoms with Crippen LogP contribution in [0.25, 0.3) is 0 Å². The quantitative estimate of drug-likeness (QED) is 0.788. The van der Waals surface area contributed by atoms with Crippen LogP contribution < -0.4 is 4.74 Å². The van der Waals surface area contributed by atoms with Crippen molar-refractivity contribution in [3.63, 3.8) is 0 Å². The van der Waals surface area contributed by atoms with Crippen LogP contribution in [0.1, 0.15) is 11.1 Å². The van der Waals surface area contributed by atoms with Crippen molar-refractivity contribution in [1.29, 1.82) is 0 Å². The molecule has 0 aliphatic carbocycles. The van der Waals surface area contributed by atoms with Gasteiger partial charge in [-0.1, -0.05) is 0 Å². The van der Waals surface area contributed by atoms with Crippen molar-refractivity contribution >= 4 is 11.3 Å². The highest BCUT2D eigenvalue weighted by molar-refractivity contribution is 7.07. The van der Waals surface area contributed by atoms with Crippen LogP contribution in [-0.2, 0) is 6.42 Å². The molecule has 0 aliphatic rings. The second kappa shape index (κ2) is 4.94. The summed E-state index contributed by atoms with van der Waals surface area (Å²) in [7, 11) is 0. The van der Waals surface area contributed by atoms with Crippen molar-refractivity contribution in [2.75, 3.05) is 6.61 Å². The molecule has 2 rings (SSSR count). The fraction of sp³-hybridized carbons (Fsp3) is 0.250. The lowest BCUT2D eigenvalue weighted by molar-refractivity contribution is 0.319. The van der Waals surface area contributed by atoms with Gasteiger partial charge in [0, 0.05) is 24.4 Å². The molecule has 0 saturated carbocycles. The van der Waals surface area contributed by atoms with E-state index < -0.39 is 0 Å². The third-order valence-corrected chi connectivity index (χ3v) is 2.93. The third-order valence-electron chi connectivity index (χ3n) is 2.20. The zero-order valence-electron chi connectivity index (χ0n) is 8.64. The van der Waals surface area contributed by atoms with Gasteiger partial charge in [-0.05, 0) is 35.4 Å². The summed E-state index contributed by atoms with van der Waals surface area (Å²) in [5.41, 5.74) is 2.43. The molecule has 0 atom stereocenters. The maximum atomic E-state index is 5.67. The Kier molecular flexibility index (Phi) is 3.35. The Hall–Kier alpha value is -1.35. The predicted molar refractivity (Wildman–Crippen MR) is 62.5 cm³/mol. The van der Waals surface area contributed by atoms with Crippen LogP contribution in [0.3, 0.4) is 0 Å². The van der Waals surface area contributed by atoms with E-state index in [0.717, 1.165) is 24.3 Å². The molecule has 0 unspecified atom stereocenters. The summed E-state index contributed by atoms with van der Waals surface area (Å²) in [4.78, 5) is 4.02. The van der Waals surface area contributed by atoms with E-state index in [1.165, 1.54) is 5.56 Å². The molecule has 0 saturated heterocycles. The molecule has 2 aromatic heterocycles. The number of aryl methyl sites for hydroxylation is 1. The van der Waals surface area contributed by atoms with Crippen molar-refractivity contribution in [1.82, 2.24) is 4.98 Å². The largest absolute Gasteiger partial charge is 0.493 e. The highest BCUT2D eigenvalue weighted by Crippen LogP contribution is 2.15. The molecule has 78 valence electrons. The zero-order valence-corrected chi connectivity index (χ0v) is 9.46. The van der Waals surface area contributed by atoms with Gasteiger partial charge in [-0.3, -0.25) is 4.98 Å². The smallest absolute Gasteiger partial charge is 0.125 e. The predicted octanol–water partition coefficient (Wildman–Crippen LogP) is 3.07. The van der Waals surface area contributed by atoms with Crippen molar-refractivity contribution in [3.05, 3.63) is 46.4 Å². The van der Waals surface area contributed by atoms with Crippen LogP contribution in [0.4, 0.5) is 0 Å². The molecule has 0 N–H and O–H groups in total. The second-order valence-electron chi connectivity index (χ2n) is 3.37. The molecule has 0 aliphatic heterocycles. The van der Waals surface area contributed by atoms with E-state index in [1.54, 1.807) is 17.5 Å². The topological polar surface area (TPSA) is 22.1 Å². The minimum Gasteiger partial charge on any atom is -0.493 e. The summed E-state index contributed by atoms with van der Waals surface area (Å²) in [6, 6.07) is 4.04. The number of thiophene rings is 1. The van der Waals surface area contributed by atoms with Crippen molar-refractivity contribution in [3.8, 4) is 5.75 Å². The minimum absolute atomic E-state index is 0.724. The number of nitrogens with zero attached hydrogens (tertiary/aromatic N) is 1. The Morgan fingerprint density at radius 2 is 2.33 bits per heavy atom. The van der Waals surface area contributed by atoms with Gasteiger partial charge in [0.2, 0.25) is 0 Å². The average Bonchev–Trinajstić information content (AvgIpc) is 2.74. The first-order valence-electron chi connectivity index (χ1n) is 4.91. The highest BCUT2D eigenvalue weighted by atomic mass is 32.1. The fourth-order valence-corrected chi connectivity index (χ4v) is 2.04. The maximum absolute atomic E-state index is 5.67. The Balaban J connectivity index is 1.86. The van der Waals surface area contributed by atoms with Crippen molar-refractivity contribution in [2.45, 2.75) is 13.3 Å². The average molecular weight is 219 g/mol. The van der Waals surface area contributed by atoms with Crippen LogP contribution in [-0.4, -0.2) is 11.6 Å². The van der Waals surface area contributed by atoms with Crippen LogP contribution >= 0.6 is 11.3 Å². The third kappa shape index (κ3) is 2.80. The van der Waals surface area contributed by atoms with Crippen LogP contribution in [0, 0.1) is 6.92 Å². The molecule has 2 aromatic rings. The van der Waals surface area contributed by atoms with Crippen LogP contribution in [0.2, 0.25) is 0 Å².